The average molecular weight is 527 g/mol. The summed E-state index contributed by atoms with van der Waals surface area (Å²) in [5.41, 5.74) is 10.0. The Kier molecular flexibility index (Phi) is 7.10. The van der Waals surface area contributed by atoms with Gasteiger partial charge in [-0.25, -0.2) is 0 Å². The molecule has 1 amide bonds. The van der Waals surface area contributed by atoms with E-state index in [4.69, 9.17) is 23.2 Å². The third-order valence-electron chi connectivity index (χ3n) is 7.09. The molecule has 4 aromatic carbocycles. The lowest BCUT2D eigenvalue weighted by Crippen LogP contribution is -2.22. The van der Waals surface area contributed by atoms with E-state index in [1.54, 1.807) is 12.1 Å². The molecule has 0 unspecified atom stereocenters. The van der Waals surface area contributed by atoms with E-state index >= 15 is 0 Å². The number of halogens is 2. The van der Waals surface area contributed by atoms with Gasteiger partial charge >= 0.3 is 0 Å². The van der Waals surface area contributed by atoms with E-state index in [2.05, 4.69) is 79.2 Å². The van der Waals surface area contributed by atoms with E-state index in [0.29, 0.717) is 22.2 Å². The number of carbonyl (C=O) groups is 1. The molecule has 0 bridgehead atoms. The van der Waals surface area contributed by atoms with Crippen LogP contribution in [0.15, 0.2) is 84.9 Å². The quantitative estimate of drug-likeness (QED) is 0.236. The zero-order valence-corrected chi connectivity index (χ0v) is 22.6. The lowest BCUT2D eigenvalue weighted by molar-refractivity contribution is 0.0951. The van der Waals surface area contributed by atoms with E-state index in [1.165, 1.54) is 33.5 Å². The van der Waals surface area contributed by atoms with Gasteiger partial charge in [0, 0.05) is 35.2 Å². The third kappa shape index (κ3) is 5.16. The molecule has 37 heavy (non-hydrogen) atoms. The summed E-state index contributed by atoms with van der Waals surface area (Å²) in [5.74, 6) is -0.121. The van der Waals surface area contributed by atoms with Crippen LogP contribution in [-0.4, -0.2) is 10.5 Å². The van der Waals surface area contributed by atoms with Gasteiger partial charge in [-0.2, -0.15) is 0 Å². The summed E-state index contributed by atoms with van der Waals surface area (Å²) in [6.45, 7) is 7.55. The average Bonchev–Trinajstić information content (AvgIpc) is 3.14. The number of nitrogens with one attached hydrogen (secondary N) is 1. The van der Waals surface area contributed by atoms with Crippen LogP contribution in [0.4, 0.5) is 0 Å². The predicted molar refractivity (Wildman–Crippen MR) is 155 cm³/mol. The number of hydrogen-bond donors (Lipinski definition) is 1. The van der Waals surface area contributed by atoms with E-state index in [0.717, 1.165) is 23.0 Å². The molecule has 5 rings (SSSR count). The van der Waals surface area contributed by atoms with E-state index in [-0.39, 0.29) is 5.91 Å². The molecule has 5 aromatic rings. The second-order valence-electron chi connectivity index (χ2n) is 9.47. The number of hydrogen-bond acceptors (Lipinski definition) is 1. The number of aromatic nitrogens is 1. The maximum absolute atomic E-state index is 12.9. The van der Waals surface area contributed by atoms with Crippen LogP contribution in [0, 0.1) is 20.8 Å². The first-order valence-electron chi connectivity index (χ1n) is 12.3. The molecule has 0 fully saturated rings. The fraction of sp³-hybridized carbons (Fsp3) is 0.156. The molecule has 0 aliphatic heterocycles. The molecule has 5 heteroatoms. The van der Waals surface area contributed by atoms with E-state index in [1.807, 2.05) is 24.3 Å². The van der Waals surface area contributed by atoms with Crippen molar-refractivity contribution in [1.82, 2.24) is 9.88 Å². The highest BCUT2D eigenvalue weighted by molar-refractivity contribution is 6.42. The van der Waals surface area contributed by atoms with Gasteiger partial charge in [0.1, 0.15) is 0 Å². The molecule has 1 N–H and O–H groups in total. The molecule has 0 spiro atoms. The Morgan fingerprint density at radius 1 is 0.811 bits per heavy atom. The molecule has 0 saturated carbocycles. The summed E-state index contributed by atoms with van der Waals surface area (Å²) < 4.78 is 2.32. The van der Waals surface area contributed by atoms with Crippen molar-refractivity contribution >= 4 is 40.0 Å². The number of aryl methyl sites for hydroxylation is 2. The van der Waals surface area contributed by atoms with Crippen LogP contribution >= 0.6 is 23.2 Å². The van der Waals surface area contributed by atoms with Crippen LogP contribution in [-0.2, 0) is 13.1 Å². The van der Waals surface area contributed by atoms with Gasteiger partial charge in [-0.1, -0.05) is 77.8 Å². The van der Waals surface area contributed by atoms with Gasteiger partial charge in [0.25, 0.3) is 5.91 Å². The third-order valence-corrected chi connectivity index (χ3v) is 7.83. The van der Waals surface area contributed by atoms with Crippen molar-refractivity contribution in [3.63, 3.8) is 0 Å². The largest absolute Gasteiger partial charge is 0.348 e. The Morgan fingerprint density at radius 2 is 1.54 bits per heavy atom. The monoisotopic (exact) mass is 526 g/mol. The Hall–Kier alpha value is -3.53. The van der Waals surface area contributed by atoms with Crippen molar-refractivity contribution in [2.75, 3.05) is 0 Å². The molecule has 0 aliphatic carbocycles. The van der Waals surface area contributed by atoms with Crippen molar-refractivity contribution in [2.45, 2.75) is 33.9 Å². The molecular weight excluding hydrogens is 499 g/mol. The topological polar surface area (TPSA) is 34.0 Å². The smallest absolute Gasteiger partial charge is 0.251 e. The summed E-state index contributed by atoms with van der Waals surface area (Å²) in [6, 6.07) is 28.5. The predicted octanol–water partition coefficient (Wildman–Crippen LogP) is 8.52. The standard InChI is InChI=1S/C32H28Cl2N2O/c1-20-6-4-5-7-27(20)25-11-8-23(9-12-25)19-36-22(3)21(2)28-17-26(13-15-31(28)36)32(37)35-18-24-10-14-29(33)30(34)16-24/h4-17H,18-19H2,1-3H3,(H,35,37). The first kappa shape index (κ1) is 25.1. The minimum Gasteiger partial charge on any atom is -0.348 e. The van der Waals surface area contributed by atoms with Gasteiger partial charge in [-0.05, 0) is 84.5 Å². The maximum Gasteiger partial charge on any atom is 0.251 e. The van der Waals surface area contributed by atoms with Crippen molar-refractivity contribution in [2.24, 2.45) is 0 Å². The number of nitrogens with zero attached hydrogens (tertiary/aromatic N) is 1. The highest BCUT2D eigenvalue weighted by Crippen LogP contribution is 2.29. The molecule has 186 valence electrons. The van der Waals surface area contributed by atoms with Crippen molar-refractivity contribution < 1.29 is 4.79 Å². The summed E-state index contributed by atoms with van der Waals surface area (Å²) in [7, 11) is 0. The zero-order valence-electron chi connectivity index (χ0n) is 21.1. The van der Waals surface area contributed by atoms with Crippen LogP contribution in [0.5, 0.6) is 0 Å². The Labute approximate surface area is 227 Å². The maximum atomic E-state index is 12.9. The molecule has 1 aromatic heterocycles. The lowest BCUT2D eigenvalue weighted by Gasteiger charge is -2.11. The molecule has 0 saturated heterocycles. The minimum atomic E-state index is -0.121. The van der Waals surface area contributed by atoms with E-state index in [9.17, 15) is 4.79 Å². The minimum absolute atomic E-state index is 0.121. The van der Waals surface area contributed by atoms with Gasteiger partial charge in [-0.3, -0.25) is 4.79 Å². The molecule has 0 radical (unpaired) electrons. The van der Waals surface area contributed by atoms with Gasteiger partial charge < -0.3 is 9.88 Å². The van der Waals surface area contributed by atoms with Crippen molar-refractivity contribution in [3.05, 3.63) is 128 Å². The van der Waals surface area contributed by atoms with Crippen LogP contribution in [0.1, 0.15) is 38.3 Å². The number of rotatable bonds is 6. The molecular formula is C32H28Cl2N2O. The van der Waals surface area contributed by atoms with Crippen molar-refractivity contribution in [1.29, 1.82) is 0 Å². The lowest BCUT2D eigenvalue weighted by atomic mass is 9.99. The first-order valence-corrected chi connectivity index (χ1v) is 13.0. The summed E-state index contributed by atoms with van der Waals surface area (Å²) >= 11 is 12.1. The van der Waals surface area contributed by atoms with Gasteiger partial charge in [-0.15, -0.1) is 0 Å². The first-order chi connectivity index (χ1) is 17.8. The second-order valence-corrected chi connectivity index (χ2v) is 10.3. The van der Waals surface area contributed by atoms with Gasteiger partial charge in [0.2, 0.25) is 0 Å². The Bertz CT molecular complexity index is 1620. The Balaban J connectivity index is 1.36. The van der Waals surface area contributed by atoms with Gasteiger partial charge in [0.05, 0.1) is 10.0 Å². The number of amides is 1. The van der Waals surface area contributed by atoms with Crippen molar-refractivity contribution in [3.8, 4) is 11.1 Å². The fourth-order valence-corrected chi connectivity index (χ4v) is 5.12. The van der Waals surface area contributed by atoms with E-state index < -0.39 is 0 Å². The molecule has 0 atom stereocenters. The number of carbonyl (C=O) groups excluding carboxylic acids is 1. The van der Waals surface area contributed by atoms with Gasteiger partial charge in [0.15, 0.2) is 0 Å². The molecule has 3 nitrogen and oxygen atoms in total. The Morgan fingerprint density at radius 3 is 2.27 bits per heavy atom. The van der Waals surface area contributed by atoms with Crippen LogP contribution < -0.4 is 5.32 Å². The number of benzene rings is 4. The fourth-order valence-electron chi connectivity index (χ4n) is 4.80. The zero-order chi connectivity index (χ0) is 26.1. The van der Waals surface area contributed by atoms with Crippen LogP contribution in [0.3, 0.4) is 0 Å². The second kappa shape index (κ2) is 10.5. The summed E-state index contributed by atoms with van der Waals surface area (Å²) in [6.07, 6.45) is 0. The number of fused-ring (bicyclic) bond motifs is 1. The summed E-state index contributed by atoms with van der Waals surface area (Å²) in [4.78, 5) is 12.9. The molecule has 0 aliphatic rings. The molecule has 1 heterocycles. The van der Waals surface area contributed by atoms with Crippen LogP contribution in [0.25, 0.3) is 22.0 Å². The highest BCUT2D eigenvalue weighted by Gasteiger charge is 2.15. The van der Waals surface area contributed by atoms with Crippen LogP contribution in [0.2, 0.25) is 10.0 Å². The normalized spacial score (nSPS) is 11.2. The summed E-state index contributed by atoms with van der Waals surface area (Å²) in [5, 5.41) is 5.05. The SMILES string of the molecule is Cc1ccccc1-c1ccc(Cn2c(C)c(C)c3cc(C(=O)NCc4ccc(Cl)c(Cl)c4)ccc32)cc1. The highest BCUT2D eigenvalue weighted by atomic mass is 35.5.